The Morgan fingerprint density at radius 2 is 2.21 bits per heavy atom. The van der Waals surface area contributed by atoms with E-state index in [1.165, 1.54) is 36.1 Å². The lowest BCUT2D eigenvalue weighted by Gasteiger charge is -2.25. The van der Waals surface area contributed by atoms with Crippen LogP contribution in [0.5, 0.6) is 0 Å². The van der Waals surface area contributed by atoms with Gasteiger partial charge in [-0.05, 0) is 37.3 Å². The highest BCUT2D eigenvalue weighted by Gasteiger charge is 2.21. The van der Waals surface area contributed by atoms with E-state index in [0.29, 0.717) is 12.5 Å². The number of hydrogen-bond donors (Lipinski definition) is 1. The number of fused-ring (bicyclic) bond motifs is 1. The maximum Gasteiger partial charge on any atom is 0.0537 e. The summed E-state index contributed by atoms with van der Waals surface area (Å²) in [4.78, 5) is 0. The van der Waals surface area contributed by atoms with Gasteiger partial charge in [0.25, 0.3) is 0 Å². The topological polar surface area (TPSA) is 43.8 Å². The van der Waals surface area contributed by atoms with E-state index in [2.05, 4.69) is 41.0 Å². The molecule has 0 saturated heterocycles. The fraction of sp³-hybridized carbons (Fsp3) is 0.438. The van der Waals surface area contributed by atoms with Crippen molar-refractivity contribution in [1.82, 2.24) is 9.78 Å². The molecule has 1 aromatic heterocycles. The molecule has 0 fully saturated rings. The summed E-state index contributed by atoms with van der Waals surface area (Å²) in [7, 11) is 0. The van der Waals surface area contributed by atoms with Gasteiger partial charge in [-0.25, -0.2) is 0 Å². The first kappa shape index (κ1) is 12.4. The molecule has 1 aromatic carbocycles. The highest BCUT2D eigenvalue weighted by molar-refractivity contribution is 5.32. The SMILES string of the molecule is Cc1c(CN)cnn1CC1CCCc2ccccc21. The Balaban J connectivity index is 1.86. The molecule has 2 aromatic rings. The average Bonchev–Trinajstić information content (AvgIpc) is 2.80. The van der Waals surface area contributed by atoms with E-state index in [9.17, 15) is 0 Å². The van der Waals surface area contributed by atoms with Crippen LogP contribution in [0.3, 0.4) is 0 Å². The van der Waals surface area contributed by atoms with Crippen LogP contribution in [-0.4, -0.2) is 9.78 Å². The monoisotopic (exact) mass is 255 g/mol. The molecule has 1 atom stereocenters. The van der Waals surface area contributed by atoms with Crippen molar-refractivity contribution in [1.29, 1.82) is 0 Å². The molecule has 0 radical (unpaired) electrons. The minimum Gasteiger partial charge on any atom is -0.326 e. The first-order chi connectivity index (χ1) is 9.29. The molecule has 0 amide bonds. The third-order valence-corrected chi connectivity index (χ3v) is 4.31. The quantitative estimate of drug-likeness (QED) is 0.916. The van der Waals surface area contributed by atoms with Crippen LogP contribution in [0, 0.1) is 6.92 Å². The molecule has 100 valence electrons. The minimum atomic E-state index is 0.576. The Bertz CT molecular complexity index is 571. The zero-order chi connectivity index (χ0) is 13.2. The van der Waals surface area contributed by atoms with Crippen molar-refractivity contribution >= 4 is 0 Å². The zero-order valence-electron chi connectivity index (χ0n) is 11.5. The number of nitrogens with two attached hydrogens (primary N) is 1. The van der Waals surface area contributed by atoms with Gasteiger partial charge < -0.3 is 5.73 Å². The maximum atomic E-state index is 5.72. The van der Waals surface area contributed by atoms with E-state index < -0.39 is 0 Å². The number of hydrogen-bond acceptors (Lipinski definition) is 2. The molecule has 1 heterocycles. The molecule has 1 aliphatic carbocycles. The van der Waals surface area contributed by atoms with E-state index >= 15 is 0 Å². The van der Waals surface area contributed by atoms with Gasteiger partial charge in [-0.2, -0.15) is 5.10 Å². The molecule has 3 rings (SSSR count). The summed E-state index contributed by atoms with van der Waals surface area (Å²) in [5.41, 5.74) is 11.1. The minimum absolute atomic E-state index is 0.576. The van der Waals surface area contributed by atoms with Crippen LogP contribution in [0.15, 0.2) is 30.5 Å². The largest absolute Gasteiger partial charge is 0.326 e. The lowest BCUT2D eigenvalue weighted by Crippen LogP contribution is -2.17. The normalized spacial score (nSPS) is 18.3. The van der Waals surface area contributed by atoms with Gasteiger partial charge in [-0.15, -0.1) is 0 Å². The number of rotatable bonds is 3. The molecule has 2 N–H and O–H groups in total. The van der Waals surface area contributed by atoms with Crippen LogP contribution >= 0.6 is 0 Å². The van der Waals surface area contributed by atoms with E-state index in [1.54, 1.807) is 0 Å². The number of nitrogens with zero attached hydrogens (tertiary/aromatic N) is 2. The molecule has 0 bridgehead atoms. The van der Waals surface area contributed by atoms with Gasteiger partial charge >= 0.3 is 0 Å². The standard InChI is InChI=1S/C16H21N3/c1-12-15(9-17)10-18-19(12)11-14-7-4-6-13-5-2-3-8-16(13)14/h2-3,5,8,10,14H,4,6-7,9,11,17H2,1H3. The Morgan fingerprint density at radius 1 is 1.37 bits per heavy atom. The van der Waals surface area contributed by atoms with Gasteiger partial charge in [-0.3, -0.25) is 4.68 Å². The summed E-state index contributed by atoms with van der Waals surface area (Å²) in [5.74, 6) is 0.592. The second-order valence-electron chi connectivity index (χ2n) is 5.43. The van der Waals surface area contributed by atoms with E-state index in [0.717, 1.165) is 12.1 Å². The van der Waals surface area contributed by atoms with E-state index in [1.807, 2.05) is 6.20 Å². The molecule has 0 saturated carbocycles. The van der Waals surface area contributed by atoms with Crippen molar-refractivity contribution in [3.8, 4) is 0 Å². The van der Waals surface area contributed by atoms with Crippen molar-refractivity contribution in [3.63, 3.8) is 0 Å². The molecule has 19 heavy (non-hydrogen) atoms. The highest BCUT2D eigenvalue weighted by Crippen LogP contribution is 2.32. The van der Waals surface area contributed by atoms with Gasteiger partial charge in [0.1, 0.15) is 0 Å². The number of aromatic nitrogens is 2. The van der Waals surface area contributed by atoms with Gasteiger partial charge in [0.15, 0.2) is 0 Å². The fourth-order valence-corrected chi connectivity index (χ4v) is 3.12. The number of benzene rings is 1. The lowest BCUT2D eigenvalue weighted by atomic mass is 9.83. The summed E-state index contributed by atoms with van der Waals surface area (Å²) in [5, 5.41) is 4.49. The van der Waals surface area contributed by atoms with E-state index in [-0.39, 0.29) is 0 Å². The van der Waals surface area contributed by atoms with Crippen molar-refractivity contribution in [3.05, 3.63) is 52.8 Å². The van der Waals surface area contributed by atoms with E-state index in [4.69, 9.17) is 5.73 Å². The van der Waals surface area contributed by atoms with Crippen LogP contribution in [-0.2, 0) is 19.5 Å². The molecular weight excluding hydrogens is 234 g/mol. The summed E-state index contributed by atoms with van der Waals surface area (Å²) in [6.45, 7) is 3.67. The van der Waals surface area contributed by atoms with Crippen LogP contribution in [0.4, 0.5) is 0 Å². The average molecular weight is 255 g/mol. The second-order valence-corrected chi connectivity index (χ2v) is 5.43. The first-order valence-corrected chi connectivity index (χ1v) is 7.08. The molecule has 1 unspecified atom stereocenters. The Kier molecular flexibility index (Phi) is 3.38. The van der Waals surface area contributed by atoms with Gasteiger partial charge in [0.05, 0.1) is 6.20 Å². The number of aryl methyl sites for hydroxylation is 1. The van der Waals surface area contributed by atoms with Crippen molar-refractivity contribution in [2.45, 2.75) is 45.2 Å². The summed E-state index contributed by atoms with van der Waals surface area (Å²) < 4.78 is 2.12. The molecular formula is C16H21N3. The molecule has 0 aliphatic heterocycles. The molecule has 0 spiro atoms. The summed E-state index contributed by atoms with van der Waals surface area (Å²) >= 11 is 0. The van der Waals surface area contributed by atoms with Gasteiger partial charge in [0, 0.05) is 30.3 Å². The fourth-order valence-electron chi connectivity index (χ4n) is 3.12. The summed E-state index contributed by atoms with van der Waals surface area (Å²) in [6.07, 6.45) is 5.67. The lowest BCUT2D eigenvalue weighted by molar-refractivity contribution is 0.451. The van der Waals surface area contributed by atoms with Crippen molar-refractivity contribution < 1.29 is 0 Å². The zero-order valence-corrected chi connectivity index (χ0v) is 11.5. The van der Waals surface area contributed by atoms with Crippen LogP contribution in [0.2, 0.25) is 0 Å². The predicted octanol–water partition coefficient (Wildman–Crippen LogP) is 2.77. The Morgan fingerprint density at radius 3 is 3.00 bits per heavy atom. The second kappa shape index (κ2) is 5.17. The third kappa shape index (κ3) is 2.30. The first-order valence-electron chi connectivity index (χ1n) is 7.08. The molecule has 3 heteroatoms. The third-order valence-electron chi connectivity index (χ3n) is 4.31. The Labute approximate surface area is 114 Å². The highest BCUT2D eigenvalue weighted by atomic mass is 15.3. The maximum absolute atomic E-state index is 5.72. The van der Waals surface area contributed by atoms with Crippen LogP contribution < -0.4 is 5.73 Å². The van der Waals surface area contributed by atoms with Crippen molar-refractivity contribution in [2.75, 3.05) is 0 Å². The van der Waals surface area contributed by atoms with Crippen LogP contribution in [0.25, 0.3) is 0 Å². The molecule has 3 nitrogen and oxygen atoms in total. The smallest absolute Gasteiger partial charge is 0.0537 e. The Hall–Kier alpha value is -1.61. The molecule has 1 aliphatic rings. The van der Waals surface area contributed by atoms with Gasteiger partial charge in [0.2, 0.25) is 0 Å². The van der Waals surface area contributed by atoms with Crippen LogP contribution in [0.1, 0.15) is 41.1 Å². The van der Waals surface area contributed by atoms with Gasteiger partial charge in [-0.1, -0.05) is 24.3 Å². The van der Waals surface area contributed by atoms with Crippen molar-refractivity contribution in [2.24, 2.45) is 5.73 Å². The predicted molar refractivity (Wildman–Crippen MR) is 77.0 cm³/mol. The summed E-state index contributed by atoms with van der Waals surface area (Å²) in [6, 6.07) is 8.84.